The number of nitrogens with zero attached hydrogens (tertiary/aromatic N) is 2. The summed E-state index contributed by atoms with van der Waals surface area (Å²) in [6.07, 6.45) is 3.45. The van der Waals surface area contributed by atoms with E-state index in [-0.39, 0.29) is 11.9 Å². The standard InChI is InChI=1S/C10H16N2O2S/c1-15-6-2-3-10(13)12-4-5-14-8-9(12)7-11/h9H,2-6,8H2,1H3/t9-/m0/s1. The van der Waals surface area contributed by atoms with E-state index in [1.165, 1.54) is 0 Å². The van der Waals surface area contributed by atoms with E-state index in [0.717, 1.165) is 12.2 Å². The molecule has 0 radical (unpaired) electrons. The Morgan fingerprint density at radius 1 is 1.73 bits per heavy atom. The zero-order valence-corrected chi connectivity index (χ0v) is 9.76. The number of hydrogen-bond acceptors (Lipinski definition) is 4. The van der Waals surface area contributed by atoms with Gasteiger partial charge in [-0.15, -0.1) is 0 Å². The summed E-state index contributed by atoms with van der Waals surface area (Å²) >= 11 is 1.74. The number of hydrogen-bond donors (Lipinski definition) is 0. The molecule has 1 aliphatic heterocycles. The van der Waals surface area contributed by atoms with Crippen LogP contribution in [0, 0.1) is 11.3 Å². The van der Waals surface area contributed by atoms with Gasteiger partial charge in [0.15, 0.2) is 0 Å². The first kappa shape index (κ1) is 12.3. The number of thioether (sulfide) groups is 1. The lowest BCUT2D eigenvalue weighted by Gasteiger charge is -2.31. The van der Waals surface area contributed by atoms with Gasteiger partial charge in [0.2, 0.25) is 5.91 Å². The van der Waals surface area contributed by atoms with E-state index in [1.54, 1.807) is 16.7 Å². The van der Waals surface area contributed by atoms with Crippen LogP contribution < -0.4 is 0 Å². The maximum absolute atomic E-state index is 11.8. The molecule has 0 spiro atoms. The minimum absolute atomic E-state index is 0.0823. The molecular weight excluding hydrogens is 212 g/mol. The average molecular weight is 228 g/mol. The van der Waals surface area contributed by atoms with Crippen LogP contribution in [0.2, 0.25) is 0 Å². The molecule has 0 aromatic carbocycles. The zero-order valence-electron chi connectivity index (χ0n) is 8.94. The SMILES string of the molecule is CSCCCC(=O)N1CCOC[C@@H]1C#N. The van der Waals surface area contributed by atoms with Gasteiger partial charge in [0.25, 0.3) is 0 Å². The lowest BCUT2D eigenvalue weighted by Crippen LogP contribution is -2.47. The second-order valence-electron chi connectivity index (χ2n) is 3.40. The Kier molecular flexibility index (Phi) is 5.51. The van der Waals surface area contributed by atoms with Gasteiger partial charge in [-0.3, -0.25) is 4.79 Å². The number of amides is 1. The minimum Gasteiger partial charge on any atom is -0.376 e. The summed E-state index contributed by atoms with van der Waals surface area (Å²) < 4.78 is 5.16. The fraction of sp³-hybridized carbons (Fsp3) is 0.800. The van der Waals surface area contributed by atoms with Gasteiger partial charge in [0.1, 0.15) is 6.04 Å². The first-order valence-corrected chi connectivity index (χ1v) is 6.44. The van der Waals surface area contributed by atoms with Crippen LogP contribution in [0.5, 0.6) is 0 Å². The maximum atomic E-state index is 11.8. The molecule has 0 saturated carbocycles. The number of nitriles is 1. The van der Waals surface area contributed by atoms with Gasteiger partial charge >= 0.3 is 0 Å². The lowest BCUT2D eigenvalue weighted by molar-refractivity contribution is -0.137. The summed E-state index contributed by atoms with van der Waals surface area (Å²) in [6, 6.07) is 1.71. The minimum atomic E-state index is -0.388. The number of morpholine rings is 1. The summed E-state index contributed by atoms with van der Waals surface area (Å²) in [4.78, 5) is 13.4. The molecule has 0 aromatic rings. The molecule has 84 valence electrons. The van der Waals surface area contributed by atoms with Gasteiger partial charge < -0.3 is 9.64 Å². The molecule has 0 aromatic heterocycles. The number of ether oxygens (including phenoxy) is 1. The monoisotopic (exact) mass is 228 g/mol. The highest BCUT2D eigenvalue weighted by molar-refractivity contribution is 7.98. The van der Waals surface area contributed by atoms with E-state index in [2.05, 4.69) is 6.07 Å². The van der Waals surface area contributed by atoms with Crippen LogP contribution in [-0.2, 0) is 9.53 Å². The molecule has 1 atom stereocenters. The number of rotatable bonds is 4. The number of carbonyl (C=O) groups is 1. The van der Waals surface area contributed by atoms with Crippen LogP contribution in [0.4, 0.5) is 0 Å². The molecule has 0 unspecified atom stereocenters. The molecule has 1 rings (SSSR count). The second kappa shape index (κ2) is 6.70. The molecule has 1 aliphatic rings. The highest BCUT2D eigenvalue weighted by Crippen LogP contribution is 2.10. The van der Waals surface area contributed by atoms with Crippen molar-refractivity contribution in [1.82, 2.24) is 4.90 Å². The predicted molar refractivity (Wildman–Crippen MR) is 59.5 cm³/mol. The molecule has 15 heavy (non-hydrogen) atoms. The van der Waals surface area contributed by atoms with Gasteiger partial charge in [0.05, 0.1) is 19.3 Å². The van der Waals surface area contributed by atoms with Crippen molar-refractivity contribution >= 4 is 17.7 Å². The fourth-order valence-corrected chi connectivity index (χ4v) is 1.95. The van der Waals surface area contributed by atoms with Gasteiger partial charge in [-0.2, -0.15) is 17.0 Å². The van der Waals surface area contributed by atoms with Crippen LogP contribution in [0.1, 0.15) is 12.8 Å². The molecular formula is C10H16N2O2S. The maximum Gasteiger partial charge on any atom is 0.223 e. The van der Waals surface area contributed by atoms with E-state index in [9.17, 15) is 4.79 Å². The Morgan fingerprint density at radius 2 is 2.53 bits per heavy atom. The third kappa shape index (κ3) is 3.73. The van der Waals surface area contributed by atoms with Crippen molar-refractivity contribution in [3.05, 3.63) is 0 Å². The Morgan fingerprint density at radius 3 is 3.20 bits per heavy atom. The molecule has 1 fully saturated rings. The average Bonchev–Trinajstić information content (AvgIpc) is 2.29. The molecule has 5 heteroatoms. The van der Waals surface area contributed by atoms with E-state index in [4.69, 9.17) is 10.00 Å². The van der Waals surface area contributed by atoms with Gasteiger partial charge in [0, 0.05) is 13.0 Å². The van der Waals surface area contributed by atoms with Crippen molar-refractivity contribution in [1.29, 1.82) is 5.26 Å². The zero-order chi connectivity index (χ0) is 11.1. The molecule has 1 saturated heterocycles. The Balaban J connectivity index is 2.39. The predicted octanol–water partition coefficient (Wildman–Crippen LogP) is 0.881. The van der Waals surface area contributed by atoms with Crippen molar-refractivity contribution in [3.63, 3.8) is 0 Å². The van der Waals surface area contributed by atoms with Crippen molar-refractivity contribution in [2.75, 3.05) is 31.8 Å². The van der Waals surface area contributed by atoms with E-state index in [1.807, 2.05) is 6.26 Å². The summed E-state index contributed by atoms with van der Waals surface area (Å²) in [5, 5.41) is 8.85. The summed E-state index contributed by atoms with van der Waals surface area (Å²) in [5.41, 5.74) is 0. The topological polar surface area (TPSA) is 53.3 Å². The largest absolute Gasteiger partial charge is 0.376 e. The lowest BCUT2D eigenvalue weighted by atomic mass is 10.2. The van der Waals surface area contributed by atoms with Crippen LogP contribution in [0.3, 0.4) is 0 Å². The Hall–Kier alpha value is -0.730. The van der Waals surface area contributed by atoms with Gasteiger partial charge in [-0.25, -0.2) is 0 Å². The van der Waals surface area contributed by atoms with Crippen LogP contribution in [-0.4, -0.2) is 48.6 Å². The van der Waals surface area contributed by atoms with Crippen LogP contribution in [0.25, 0.3) is 0 Å². The summed E-state index contributed by atoms with van der Waals surface area (Å²) in [7, 11) is 0. The normalized spacial score (nSPS) is 21.1. The van der Waals surface area contributed by atoms with E-state index in [0.29, 0.717) is 26.2 Å². The molecule has 0 bridgehead atoms. The van der Waals surface area contributed by atoms with Crippen molar-refractivity contribution < 1.29 is 9.53 Å². The highest BCUT2D eigenvalue weighted by atomic mass is 32.2. The van der Waals surface area contributed by atoms with E-state index >= 15 is 0 Å². The molecule has 0 N–H and O–H groups in total. The first-order valence-electron chi connectivity index (χ1n) is 5.05. The first-order chi connectivity index (χ1) is 7.29. The molecule has 4 nitrogen and oxygen atoms in total. The molecule has 1 heterocycles. The fourth-order valence-electron chi connectivity index (χ4n) is 1.52. The van der Waals surface area contributed by atoms with Gasteiger partial charge in [-0.05, 0) is 18.4 Å². The quantitative estimate of drug-likeness (QED) is 0.670. The Bertz CT molecular complexity index is 252. The Labute approximate surface area is 94.6 Å². The number of carbonyl (C=O) groups excluding carboxylic acids is 1. The van der Waals surface area contributed by atoms with Crippen molar-refractivity contribution in [2.24, 2.45) is 0 Å². The molecule has 0 aliphatic carbocycles. The second-order valence-corrected chi connectivity index (χ2v) is 4.39. The molecule has 1 amide bonds. The highest BCUT2D eigenvalue weighted by Gasteiger charge is 2.26. The summed E-state index contributed by atoms with van der Waals surface area (Å²) in [6.45, 7) is 1.45. The van der Waals surface area contributed by atoms with Crippen molar-refractivity contribution in [3.8, 4) is 6.07 Å². The third-order valence-corrected chi connectivity index (χ3v) is 3.03. The van der Waals surface area contributed by atoms with E-state index < -0.39 is 0 Å². The van der Waals surface area contributed by atoms with Crippen molar-refractivity contribution in [2.45, 2.75) is 18.9 Å². The van der Waals surface area contributed by atoms with Crippen LogP contribution >= 0.6 is 11.8 Å². The summed E-state index contributed by atoms with van der Waals surface area (Å²) in [5.74, 6) is 1.08. The van der Waals surface area contributed by atoms with Crippen LogP contribution in [0.15, 0.2) is 0 Å². The van der Waals surface area contributed by atoms with Gasteiger partial charge in [-0.1, -0.05) is 0 Å². The third-order valence-electron chi connectivity index (χ3n) is 2.34. The smallest absolute Gasteiger partial charge is 0.223 e.